The predicted molar refractivity (Wildman–Crippen MR) is 128 cm³/mol. The van der Waals surface area contributed by atoms with E-state index in [2.05, 4.69) is 21.2 Å². The molecule has 32 heavy (non-hydrogen) atoms. The minimum absolute atomic E-state index is 0.173. The van der Waals surface area contributed by atoms with Crippen LogP contribution in [0.4, 0.5) is 5.69 Å². The molecule has 1 aromatic heterocycles. The zero-order valence-electron chi connectivity index (χ0n) is 17.5. The first kappa shape index (κ1) is 21.5. The van der Waals surface area contributed by atoms with E-state index < -0.39 is 5.91 Å². The van der Waals surface area contributed by atoms with E-state index in [9.17, 15) is 14.4 Å². The number of nitrogens with zero attached hydrogens (tertiary/aromatic N) is 2. The molecule has 6 nitrogen and oxygen atoms in total. The normalized spacial score (nSPS) is 10.7. The Morgan fingerprint density at radius 3 is 2.09 bits per heavy atom. The van der Waals surface area contributed by atoms with Gasteiger partial charge in [-0.25, -0.2) is 4.68 Å². The van der Waals surface area contributed by atoms with E-state index in [0.29, 0.717) is 16.9 Å². The van der Waals surface area contributed by atoms with Gasteiger partial charge in [0, 0.05) is 22.6 Å². The zero-order valence-corrected chi connectivity index (χ0v) is 19.1. The Labute approximate surface area is 193 Å². The third-order valence-electron chi connectivity index (χ3n) is 5.32. The highest BCUT2D eigenvalue weighted by Crippen LogP contribution is 2.20. The molecule has 3 aromatic carbocycles. The van der Waals surface area contributed by atoms with Crippen molar-refractivity contribution >= 4 is 33.3 Å². The second-order valence-electron chi connectivity index (χ2n) is 7.27. The Morgan fingerprint density at radius 2 is 1.44 bits per heavy atom. The number of amides is 1. The maximum absolute atomic E-state index is 13.2. The van der Waals surface area contributed by atoms with Crippen molar-refractivity contribution in [3.63, 3.8) is 0 Å². The van der Waals surface area contributed by atoms with Crippen LogP contribution >= 0.6 is 15.9 Å². The predicted octanol–water partition coefficient (Wildman–Crippen LogP) is 4.73. The molecule has 4 rings (SSSR count). The molecule has 0 spiro atoms. The van der Waals surface area contributed by atoms with Crippen LogP contribution in [0.25, 0.3) is 5.69 Å². The van der Waals surface area contributed by atoms with Crippen LogP contribution in [-0.4, -0.2) is 21.1 Å². The number of halogens is 1. The lowest BCUT2D eigenvalue weighted by atomic mass is 9.98. The van der Waals surface area contributed by atoms with Crippen molar-refractivity contribution in [3.8, 4) is 5.69 Å². The number of carbonyl (C=O) groups excluding carboxylic acids is 2. The van der Waals surface area contributed by atoms with E-state index in [1.165, 1.54) is 4.68 Å². The molecule has 1 N–H and O–H groups in total. The third-order valence-corrected chi connectivity index (χ3v) is 5.84. The number of carbonyl (C=O) groups is 2. The number of ketones is 1. The molecule has 1 heterocycles. The van der Waals surface area contributed by atoms with Crippen molar-refractivity contribution in [2.75, 3.05) is 5.32 Å². The van der Waals surface area contributed by atoms with Crippen LogP contribution in [0.1, 0.15) is 32.0 Å². The molecule has 0 saturated carbocycles. The number of para-hydroxylation sites is 1. The largest absolute Gasteiger partial charge is 0.316 e. The van der Waals surface area contributed by atoms with Crippen LogP contribution in [0.3, 0.4) is 0 Å². The fourth-order valence-electron chi connectivity index (χ4n) is 3.53. The smallest absolute Gasteiger partial charge is 0.295 e. The van der Waals surface area contributed by atoms with E-state index in [1.54, 1.807) is 67.2 Å². The van der Waals surface area contributed by atoms with Crippen LogP contribution in [0.15, 0.2) is 88.1 Å². The monoisotopic (exact) mass is 489 g/mol. The molecule has 0 bridgehead atoms. The van der Waals surface area contributed by atoms with Gasteiger partial charge in [0.2, 0.25) is 0 Å². The summed E-state index contributed by atoms with van der Waals surface area (Å²) in [5.41, 5.74) is 2.06. The van der Waals surface area contributed by atoms with E-state index >= 15 is 0 Å². The Balaban J connectivity index is 1.70. The molecule has 160 valence electrons. The first-order chi connectivity index (χ1) is 15.4. The maximum Gasteiger partial charge on any atom is 0.295 e. The van der Waals surface area contributed by atoms with Crippen LogP contribution in [0.2, 0.25) is 0 Å². The Bertz CT molecular complexity index is 1370. The molecule has 0 radical (unpaired) electrons. The number of hydrogen-bond acceptors (Lipinski definition) is 3. The number of nitrogens with one attached hydrogen (secondary N) is 1. The van der Waals surface area contributed by atoms with Crippen LogP contribution in [-0.2, 0) is 7.05 Å². The number of aromatic nitrogens is 2. The molecular weight excluding hydrogens is 470 g/mol. The van der Waals surface area contributed by atoms with E-state index in [1.807, 2.05) is 30.3 Å². The van der Waals surface area contributed by atoms with Crippen molar-refractivity contribution in [2.24, 2.45) is 7.05 Å². The van der Waals surface area contributed by atoms with Crippen LogP contribution < -0.4 is 10.9 Å². The highest BCUT2D eigenvalue weighted by atomic mass is 79.9. The highest BCUT2D eigenvalue weighted by molar-refractivity contribution is 9.10. The van der Waals surface area contributed by atoms with Gasteiger partial charge in [0.05, 0.1) is 16.9 Å². The van der Waals surface area contributed by atoms with Crippen LogP contribution in [0.5, 0.6) is 0 Å². The molecule has 0 unspecified atom stereocenters. The van der Waals surface area contributed by atoms with E-state index in [0.717, 1.165) is 4.47 Å². The fourth-order valence-corrected chi connectivity index (χ4v) is 3.79. The topological polar surface area (TPSA) is 73.1 Å². The van der Waals surface area contributed by atoms with Gasteiger partial charge in [0.1, 0.15) is 5.69 Å². The molecule has 7 heteroatoms. The summed E-state index contributed by atoms with van der Waals surface area (Å²) in [4.78, 5) is 39.3. The standard InChI is InChI=1S/C25H20BrN3O3/c1-16-22(25(32)29(28(16)2)19-8-4-3-5-9-19)27-24(31)21-11-7-6-10-20(21)23(30)17-12-14-18(26)15-13-17/h3-15H,1-2H3,(H,27,31). The minimum atomic E-state index is -0.517. The third kappa shape index (κ3) is 3.94. The fraction of sp³-hybridized carbons (Fsp3) is 0.0800. The van der Waals surface area contributed by atoms with Gasteiger partial charge in [-0.05, 0) is 49.4 Å². The maximum atomic E-state index is 13.2. The summed E-state index contributed by atoms with van der Waals surface area (Å²) in [6.45, 7) is 1.76. The number of benzene rings is 3. The summed E-state index contributed by atoms with van der Waals surface area (Å²) >= 11 is 3.35. The second-order valence-corrected chi connectivity index (χ2v) is 8.19. The van der Waals surface area contributed by atoms with Gasteiger partial charge in [-0.15, -0.1) is 0 Å². The van der Waals surface area contributed by atoms with E-state index in [4.69, 9.17) is 0 Å². The van der Waals surface area contributed by atoms with Crippen molar-refractivity contribution in [3.05, 3.63) is 116 Å². The van der Waals surface area contributed by atoms with Gasteiger partial charge in [-0.3, -0.25) is 19.1 Å². The van der Waals surface area contributed by atoms with Gasteiger partial charge < -0.3 is 5.32 Å². The van der Waals surface area contributed by atoms with Crippen molar-refractivity contribution < 1.29 is 9.59 Å². The summed E-state index contributed by atoms with van der Waals surface area (Å²) in [6, 6.07) is 22.7. The van der Waals surface area contributed by atoms with Gasteiger partial charge in [0.15, 0.2) is 5.78 Å². The average molecular weight is 490 g/mol. The lowest BCUT2D eigenvalue weighted by molar-refractivity contribution is 0.0996. The highest BCUT2D eigenvalue weighted by Gasteiger charge is 2.22. The molecule has 0 fully saturated rings. The Hall–Kier alpha value is -3.71. The molecular formula is C25H20BrN3O3. The number of anilines is 1. The summed E-state index contributed by atoms with van der Waals surface area (Å²) in [5, 5.41) is 2.73. The van der Waals surface area contributed by atoms with Gasteiger partial charge in [-0.1, -0.05) is 52.3 Å². The van der Waals surface area contributed by atoms with Crippen molar-refractivity contribution in [2.45, 2.75) is 6.92 Å². The van der Waals surface area contributed by atoms with Crippen molar-refractivity contribution in [1.82, 2.24) is 9.36 Å². The first-order valence-electron chi connectivity index (χ1n) is 9.93. The van der Waals surface area contributed by atoms with E-state index in [-0.39, 0.29) is 28.2 Å². The zero-order chi connectivity index (χ0) is 22.8. The van der Waals surface area contributed by atoms with Gasteiger partial charge in [-0.2, -0.15) is 0 Å². The van der Waals surface area contributed by atoms with Crippen molar-refractivity contribution in [1.29, 1.82) is 0 Å². The van der Waals surface area contributed by atoms with Crippen LogP contribution in [0, 0.1) is 6.92 Å². The molecule has 4 aromatic rings. The molecule has 0 aliphatic rings. The molecule has 0 atom stereocenters. The Kier molecular flexibility index (Phi) is 5.92. The summed E-state index contributed by atoms with van der Waals surface area (Å²) in [5.74, 6) is -0.785. The quantitative estimate of drug-likeness (QED) is 0.411. The first-order valence-corrected chi connectivity index (χ1v) is 10.7. The Morgan fingerprint density at radius 1 is 0.844 bits per heavy atom. The number of rotatable bonds is 5. The molecule has 1 amide bonds. The molecule has 0 aliphatic heterocycles. The second kappa shape index (κ2) is 8.80. The van der Waals surface area contributed by atoms with Gasteiger partial charge >= 0.3 is 0 Å². The molecule has 0 saturated heterocycles. The molecule has 0 aliphatic carbocycles. The summed E-state index contributed by atoms with van der Waals surface area (Å²) < 4.78 is 4.03. The average Bonchev–Trinajstić information content (AvgIpc) is 3.02. The minimum Gasteiger partial charge on any atom is -0.316 e. The lowest BCUT2D eigenvalue weighted by Crippen LogP contribution is -2.24. The summed E-state index contributed by atoms with van der Waals surface area (Å²) in [7, 11) is 1.75. The van der Waals surface area contributed by atoms with Gasteiger partial charge in [0.25, 0.3) is 11.5 Å². The summed E-state index contributed by atoms with van der Waals surface area (Å²) in [6.07, 6.45) is 0. The lowest BCUT2D eigenvalue weighted by Gasteiger charge is -2.09. The SMILES string of the molecule is Cc1c(NC(=O)c2ccccc2C(=O)c2ccc(Br)cc2)c(=O)n(-c2ccccc2)n1C. The number of hydrogen-bond donors (Lipinski definition) is 1.